The molecule has 0 unspecified atom stereocenters. The predicted octanol–water partition coefficient (Wildman–Crippen LogP) is 5.19. The summed E-state index contributed by atoms with van der Waals surface area (Å²) in [6.07, 6.45) is 4.57. The molecule has 4 aromatic rings. The van der Waals surface area contributed by atoms with Gasteiger partial charge in [-0.05, 0) is 66.4 Å². The molecule has 1 fully saturated rings. The molecule has 0 bridgehead atoms. The van der Waals surface area contributed by atoms with Crippen LogP contribution in [0.3, 0.4) is 0 Å². The molecule has 0 spiro atoms. The summed E-state index contributed by atoms with van der Waals surface area (Å²) >= 11 is 0. The summed E-state index contributed by atoms with van der Waals surface area (Å²) in [4.78, 5) is 6.98. The average Bonchev–Trinajstić information content (AvgIpc) is 3.58. The minimum Gasteiger partial charge on any atom is -0.371 e. The number of fused-ring (bicyclic) bond motifs is 5. The lowest BCUT2D eigenvalue weighted by atomic mass is 10.1. The maximum Gasteiger partial charge on any atom is 0.250 e. The van der Waals surface area contributed by atoms with Crippen molar-refractivity contribution in [3.8, 4) is 28.3 Å². The Morgan fingerprint density at radius 2 is 1.91 bits per heavy atom. The van der Waals surface area contributed by atoms with E-state index in [2.05, 4.69) is 54.8 Å². The van der Waals surface area contributed by atoms with Gasteiger partial charge in [0, 0.05) is 49.5 Å². The smallest absolute Gasteiger partial charge is 0.250 e. The first-order valence-corrected chi connectivity index (χ1v) is 11.9. The van der Waals surface area contributed by atoms with E-state index in [-0.39, 0.29) is 12.4 Å². The topological polar surface area (TPSA) is 38.0 Å². The first kappa shape index (κ1) is 22.0. The molecule has 0 radical (unpaired) electrons. The minimum atomic E-state index is -2.31. The molecule has 0 aliphatic carbocycles. The van der Waals surface area contributed by atoms with Gasteiger partial charge in [-0.15, -0.1) is 0 Å². The normalized spacial score (nSPS) is 16.8. The molecule has 2 aliphatic heterocycles. The van der Waals surface area contributed by atoms with E-state index in [1.54, 1.807) is 12.1 Å². The Balaban J connectivity index is 1.29. The summed E-state index contributed by atoms with van der Waals surface area (Å²) in [5, 5.41) is 2.88. The molecule has 0 amide bonds. The second-order valence-corrected chi connectivity index (χ2v) is 9.33. The lowest BCUT2D eigenvalue weighted by molar-refractivity contribution is 0.144. The van der Waals surface area contributed by atoms with Gasteiger partial charge in [-0.3, -0.25) is 4.57 Å². The van der Waals surface area contributed by atoms with E-state index >= 15 is 0 Å². The maximum atomic E-state index is 13.4. The van der Waals surface area contributed by atoms with Gasteiger partial charge in [0.1, 0.15) is 5.82 Å². The van der Waals surface area contributed by atoms with Crippen LogP contribution in [0.1, 0.15) is 12.0 Å². The van der Waals surface area contributed by atoms with Gasteiger partial charge in [-0.1, -0.05) is 12.1 Å². The van der Waals surface area contributed by atoms with Gasteiger partial charge in [0.25, 0.3) is 6.43 Å². The van der Waals surface area contributed by atoms with E-state index in [1.165, 1.54) is 17.7 Å². The van der Waals surface area contributed by atoms with Crippen molar-refractivity contribution < 1.29 is 13.2 Å². The fraction of sp³-hybridized carbons (Fsp3) is 0.296. The zero-order chi connectivity index (χ0) is 23.9. The summed E-state index contributed by atoms with van der Waals surface area (Å²) in [6.45, 7) is 2.83. The van der Waals surface area contributed by atoms with Crippen LogP contribution in [0.5, 0.6) is 0 Å². The minimum absolute atomic E-state index is 0.248. The van der Waals surface area contributed by atoms with Crippen molar-refractivity contribution in [3.63, 3.8) is 0 Å². The molecule has 2 aromatic heterocycles. The van der Waals surface area contributed by atoms with Crippen LogP contribution in [0, 0.1) is 11.7 Å². The lowest BCUT2D eigenvalue weighted by Crippen LogP contribution is -2.29. The molecule has 4 heterocycles. The molecule has 1 saturated heterocycles. The van der Waals surface area contributed by atoms with E-state index < -0.39 is 6.43 Å². The average molecular weight is 478 g/mol. The number of rotatable bonds is 6. The molecule has 2 aliphatic rings. The van der Waals surface area contributed by atoms with Crippen molar-refractivity contribution >= 4 is 5.69 Å². The Hall–Kier alpha value is -3.52. The largest absolute Gasteiger partial charge is 0.371 e. The van der Waals surface area contributed by atoms with Crippen LogP contribution >= 0.6 is 0 Å². The SMILES string of the molecule is Fc1ccc(-c2cc3n(c2)Cc2cc(N4CC[C@@H](CNCC(F)F)C4)ccc2-n2ccnc2-3)cc1. The van der Waals surface area contributed by atoms with E-state index in [4.69, 9.17) is 0 Å². The highest BCUT2D eigenvalue weighted by Crippen LogP contribution is 2.36. The van der Waals surface area contributed by atoms with Crippen molar-refractivity contribution in [2.24, 2.45) is 5.92 Å². The molecular formula is C27H26F3N5. The summed E-state index contributed by atoms with van der Waals surface area (Å²) in [6, 6.07) is 15.2. The van der Waals surface area contributed by atoms with E-state index in [1.807, 2.05) is 12.4 Å². The van der Waals surface area contributed by atoms with Crippen LogP contribution in [0.4, 0.5) is 18.9 Å². The Kier molecular flexibility index (Phi) is 5.60. The standard InChI is InChI=1S/C27H26F3N5/c28-22-3-1-19(2-4-22)20-12-25-27-32-8-10-35(27)24-6-5-23(11-21(24)17-34(25)16-20)33-9-7-18(15-33)13-31-14-26(29)30/h1-6,8,10-12,16,18,26,31H,7,9,13-15,17H2/t18-/m0/s1. The second kappa shape index (κ2) is 8.92. The van der Waals surface area contributed by atoms with Gasteiger partial charge in [0.2, 0.25) is 0 Å². The van der Waals surface area contributed by atoms with Crippen molar-refractivity contribution in [2.75, 3.05) is 31.1 Å². The third-order valence-electron chi connectivity index (χ3n) is 6.99. The van der Waals surface area contributed by atoms with Crippen LogP contribution < -0.4 is 10.2 Å². The van der Waals surface area contributed by atoms with Crippen molar-refractivity contribution in [1.82, 2.24) is 19.4 Å². The van der Waals surface area contributed by atoms with E-state index in [9.17, 15) is 13.2 Å². The molecule has 1 atom stereocenters. The monoisotopic (exact) mass is 477 g/mol. The van der Waals surface area contributed by atoms with Crippen molar-refractivity contribution in [1.29, 1.82) is 0 Å². The number of imidazole rings is 1. The molecule has 1 N–H and O–H groups in total. The fourth-order valence-corrected chi connectivity index (χ4v) is 5.26. The van der Waals surface area contributed by atoms with Gasteiger partial charge < -0.3 is 14.8 Å². The number of anilines is 1. The number of benzene rings is 2. The van der Waals surface area contributed by atoms with Crippen LogP contribution in [0.15, 0.2) is 67.1 Å². The van der Waals surface area contributed by atoms with Gasteiger partial charge in [0.15, 0.2) is 5.82 Å². The van der Waals surface area contributed by atoms with Crippen LogP contribution in [0.25, 0.3) is 28.3 Å². The first-order chi connectivity index (χ1) is 17.0. The molecule has 35 heavy (non-hydrogen) atoms. The zero-order valence-corrected chi connectivity index (χ0v) is 19.2. The fourth-order valence-electron chi connectivity index (χ4n) is 5.26. The highest BCUT2D eigenvalue weighted by Gasteiger charge is 2.25. The quantitative estimate of drug-likeness (QED) is 0.366. The molecule has 5 nitrogen and oxygen atoms in total. The molecular weight excluding hydrogens is 451 g/mol. The number of halogens is 3. The van der Waals surface area contributed by atoms with Crippen LogP contribution in [-0.4, -0.2) is 46.7 Å². The first-order valence-electron chi connectivity index (χ1n) is 11.9. The summed E-state index contributed by atoms with van der Waals surface area (Å²) < 4.78 is 42.7. The van der Waals surface area contributed by atoms with Crippen LogP contribution in [-0.2, 0) is 6.54 Å². The van der Waals surface area contributed by atoms with Gasteiger partial charge in [-0.25, -0.2) is 18.2 Å². The zero-order valence-electron chi connectivity index (χ0n) is 19.2. The highest BCUT2D eigenvalue weighted by molar-refractivity contribution is 5.72. The Bertz CT molecular complexity index is 1340. The van der Waals surface area contributed by atoms with Gasteiger partial charge >= 0.3 is 0 Å². The Morgan fingerprint density at radius 1 is 1.06 bits per heavy atom. The maximum absolute atomic E-state index is 13.4. The second-order valence-electron chi connectivity index (χ2n) is 9.33. The Labute approximate surface area is 201 Å². The Morgan fingerprint density at radius 3 is 2.74 bits per heavy atom. The third kappa shape index (κ3) is 4.23. The van der Waals surface area contributed by atoms with Crippen molar-refractivity contribution in [2.45, 2.75) is 19.4 Å². The number of hydrogen-bond donors (Lipinski definition) is 1. The highest BCUT2D eigenvalue weighted by atomic mass is 19.3. The summed E-state index contributed by atoms with van der Waals surface area (Å²) in [5.41, 5.74) is 6.42. The van der Waals surface area contributed by atoms with Gasteiger partial charge in [-0.2, -0.15) is 0 Å². The van der Waals surface area contributed by atoms with Crippen LogP contribution in [0.2, 0.25) is 0 Å². The molecule has 180 valence electrons. The number of nitrogens with one attached hydrogen (secondary N) is 1. The number of alkyl halides is 2. The molecule has 0 saturated carbocycles. The lowest BCUT2D eigenvalue weighted by Gasteiger charge is -2.21. The van der Waals surface area contributed by atoms with Crippen molar-refractivity contribution in [3.05, 3.63) is 78.5 Å². The number of hydrogen-bond acceptors (Lipinski definition) is 3. The molecule has 2 aromatic carbocycles. The number of nitrogens with zero attached hydrogens (tertiary/aromatic N) is 4. The van der Waals surface area contributed by atoms with E-state index in [0.717, 1.165) is 53.5 Å². The third-order valence-corrected chi connectivity index (χ3v) is 6.99. The molecule has 8 heteroatoms. The number of aromatic nitrogens is 3. The summed E-state index contributed by atoms with van der Waals surface area (Å²) in [5.74, 6) is 0.985. The van der Waals surface area contributed by atoms with Gasteiger partial charge in [0.05, 0.1) is 17.9 Å². The van der Waals surface area contributed by atoms with E-state index in [0.29, 0.717) is 19.0 Å². The predicted molar refractivity (Wildman–Crippen MR) is 131 cm³/mol. The molecule has 6 rings (SSSR count). The summed E-state index contributed by atoms with van der Waals surface area (Å²) in [7, 11) is 0.